The summed E-state index contributed by atoms with van der Waals surface area (Å²) in [6.45, 7) is 2.90. The Morgan fingerprint density at radius 2 is 1.89 bits per heavy atom. The fourth-order valence-corrected chi connectivity index (χ4v) is 5.15. The number of halogens is 3. The molecule has 8 nitrogen and oxygen atoms in total. The third-order valence-corrected chi connectivity index (χ3v) is 7.24. The van der Waals surface area contributed by atoms with Crippen LogP contribution in [0.4, 0.5) is 19.0 Å². The van der Waals surface area contributed by atoms with E-state index in [-0.39, 0.29) is 41.4 Å². The fraction of sp³-hybridized carbons (Fsp3) is 0.500. The van der Waals surface area contributed by atoms with Crippen molar-refractivity contribution in [1.82, 2.24) is 14.3 Å². The summed E-state index contributed by atoms with van der Waals surface area (Å²) in [6.07, 6.45) is 2.20. The molecular formula is C26H29F3N4O4. The molecule has 0 amide bonds. The van der Waals surface area contributed by atoms with E-state index in [1.165, 1.54) is 25.2 Å². The van der Waals surface area contributed by atoms with Crippen LogP contribution in [0, 0.1) is 5.82 Å². The quantitative estimate of drug-likeness (QED) is 0.530. The number of pyridine rings is 1. The van der Waals surface area contributed by atoms with Crippen molar-refractivity contribution in [2.75, 3.05) is 25.1 Å². The molecule has 0 unspecified atom stereocenters. The van der Waals surface area contributed by atoms with E-state index in [0.717, 1.165) is 10.7 Å². The lowest BCUT2D eigenvalue weighted by Gasteiger charge is -2.26. The second kappa shape index (κ2) is 9.94. The van der Waals surface area contributed by atoms with Gasteiger partial charge >= 0.3 is 5.92 Å². The number of anilines is 1. The monoisotopic (exact) mass is 518 g/mol. The second-order valence-corrected chi connectivity index (χ2v) is 9.67. The Bertz CT molecular complexity index is 1430. The lowest BCUT2D eigenvalue weighted by atomic mass is 9.96. The first-order valence-electron chi connectivity index (χ1n) is 12.4. The number of fused-ring (bicyclic) bond motifs is 1. The van der Waals surface area contributed by atoms with Crippen molar-refractivity contribution in [2.45, 2.75) is 56.7 Å². The van der Waals surface area contributed by atoms with E-state index >= 15 is 13.2 Å². The lowest BCUT2D eigenvalue weighted by molar-refractivity contribution is -0.124. The van der Waals surface area contributed by atoms with Crippen molar-refractivity contribution in [2.24, 2.45) is 7.05 Å². The van der Waals surface area contributed by atoms with Crippen LogP contribution in [0.3, 0.4) is 0 Å². The largest absolute Gasteiger partial charge is 0.381 e. The third-order valence-electron chi connectivity index (χ3n) is 7.24. The van der Waals surface area contributed by atoms with E-state index in [1.54, 1.807) is 17.7 Å². The Morgan fingerprint density at radius 1 is 1.14 bits per heavy atom. The summed E-state index contributed by atoms with van der Waals surface area (Å²) in [5, 5.41) is 7.95. The molecule has 11 heteroatoms. The maximum Gasteiger partial charge on any atom is 0.301 e. The van der Waals surface area contributed by atoms with Gasteiger partial charge in [0.05, 0.1) is 17.0 Å². The minimum atomic E-state index is -3.47. The van der Waals surface area contributed by atoms with Crippen LogP contribution in [-0.4, -0.2) is 40.3 Å². The SMILES string of the molecule is C[C@H](Nc1nn(C)c(=O)c2cc(=O)n(C3CCOCC3)cc12)c1cccc(C(F)(F)[C@@H]2CCCO2)c1F. The highest BCUT2D eigenvalue weighted by Gasteiger charge is 2.46. The number of alkyl halides is 2. The van der Waals surface area contributed by atoms with Gasteiger partial charge in [-0.3, -0.25) is 9.59 Å². The number of nitrogens with zero attached hydrogens (tertiary/aromatic N) is 3. The Morgan fingerprint density at radius 3 is 2.59 bits per heavy atom. The van der Waals surface area contributed by atoms with Crippen molar-refractivity contribution in [3.05, 3.63) is 68.1 Å². The van der Waals surface area contributed by atoms with Gasteiger partial charge in [-0.05, 0) is 38.7 Å². The highest BCUT2D eigenvalue weighted by Crippen LogP contribution is 2.41. The minimum absolute atomic E-state index is 0.0247. The number of benzene rings is 1. The number of rotatable bonds is 6. The van der Waals surface area contributed by atoms with E-state index in [4.69, 9.17) is 9.47 Å². The van der Waals surface area contributed by atoms with Crippen LogP contribution in [-0.2, 0) is 22.4 Å². The molecule has 37 heavy (non-hydrogen) atoms. The molecule has 5 rings (SSSR count). The maximum atomic E-state index is 15.5. The number of ether oxygens (including phenoxy) is 2. The molecule has 1 aromatic carbocycles. The zero-order valence-electron chi connectivity index (χ0n) is 20.7. The average Bonchev–Trinajstić information content (AvgIpc) is 3.43. The summed E-state index contributed by atoms with van der Waals surface area (Å²) < 4.78 is 58.9. The molecule has 2 aliphatic rings. The predicted molar refractivity (Wildman–Crippen MR) is 132 cm³/mol. The molecular weight excluding hydrogens is 489 g/mol. The Labute approximate surface area is 211 Å². The number of nitrogens with one attached hydrogen (secondary N) is 1. The van der Waals surface area contributed by atoms with Gasteiger partial charge in [0.1, 0.15) is 11.9 Å². The lowest BCUT2D eigenvalue weighted by Crippen LogP contribution is -2.32. The summed E-state index contributed by atoms with van der Waals surface area (Å²) in [5.41, 5.74) is -1.44. The van der Waals surface area contributed by atoms with Crippen molar-refractivity contribution >= 4 is 16.6 Å². The Hall–Kier alpha value is -3.18. The van der Waals surface area contributed by atoms with Gasteiger partial charge in [0, 0.05) is 56.1 Å². The molecule has 2 saturated heterocycles. The highest BCUT2D eigenvalue weighted by molar-refractivity contribution is 5.90. The van der Waals surface area contributed by atoms with Crippen LogP contribution in [0.25, 0.3) is 10.8 Å². The fourth-order valence-electron chi connectivity index (χ4n) is 5.15. The van der Waals surface area contributed by atoms with Gasteiger partial charge in [0.25, 0.3) is 11.1 Å². The number of aryl methyl sites for hydroxylation is 1. The Balaban J connectivity index is 1.53. The summed E-state index contributed by atoms with van der Waals surface area (Å²) in [4.78, 5) is 25.6. The highest BCUT2D eigenvalue weighted by atomic mass is 19.3. The standard InChI is InChI=1S/C26H29F3N4O4/c1-15(17-5-3-6-20(23(17)27)26(28,29)21-7-4-10-37-21)30-24-19-14-33(16-8-11-36-12-9-16)22(34)13-18(19)25(35)32(2)31-24/h3,5-6,13-16,21H,4,7-12H2,1-2H3,(H,30,31)/t15-,21-/m0/s1. The van der Waals surface area contributed by atoms with Crippen LogP contribution < -0.4 is 16.4 Å². The van der Waals surface area contributed by atoms with E-state index < -0.39 is 35.0 Å². The number of hydrogen-bond donors (Lipinski definition) is 1. The summed E-state index contributed by atoms with van der Waals surface area (Å²) in [6, 6.07) is 4.33. The maximum absolute atomic E-state index is 15.5. The minimum Gasteiger partial charge on any atom is -0.381 e. The van der Waals surface area contributed by atoms with Gasteiger partial charge in [0.2, 0.25) is 0 Å². The summed E-state index contributed by atoms with van der Waals surface area (Å²) in [7, 11) is 1.45. The van der Waals surface area contributed by atoms with Crippen molar-refractivity contribution in [1.29, 1.82) is 0 Å². The van der Waals surface area contributed by atoms with Crippen LogP contribution in [0.15, 0.2) is 40.1 Å². The van der Waals surface area contributed by atoms with Crippen LogP contribution in [0.5, 0.6) is 0 Å². The van der Waals surface area contributed by atoms with Crippen LogP contribution in [0.1, 0.15) is 55.8 Å². The van der Waals surface area contributed by atoms with Crippen molar-refractivity contribution in [3.8, 4) is 0 Å². The first-order chi connectivity index (χ1) is 17.7. The molecule has 1 N–H and O–H groups in total. The molecule has 0 aliphatic carbocycles. The van der Waals surface area contributed by atoms with Gasteiger partial charge in [0.15, 0.2) is 5.82 Å². The molecule has 2 fully saturated rings. The smallest absolute Gasteiger partial charge is 0.301 e. The van der Waals surface area contributed by atoms with Crippen LogP contribution in [0.2, 0.25) is 0 Å². The van der Waals surface area contributed by atoms with Gasteiger partial charge in [-0.25, -0.2) is 9.07 Å². The predicted octanol–water partition coefficient (Wildman–Crippen LogP) is 4.03. The molecule has 0 radical (unpaired) electrons. The van der Waals surface area contributed by atoms with Gasteiger partial charge < -0.3 is 19.4 Å². The van der Waals surface area contributed by atoms with Crippen molar-refractivity contribution < 1.29 is 22.6 Å². The molecule has 4 heterocycles. The third kappa shape index (κ3) is 4.66. The molecule has 0 bridgehead atoms. The first-order valence-corrected chi connectivity index (χ1v) is 12.4. The molecule has 2 aliphatic heterocycles. The van der Waals surface area contributed by atoms with E-state index in [9.17, 15) is 9.59 Å². The van der Waals surface area contributed by atoms with Gasteiger partial charge in [-0.1, -0.05) is 12.1 Å². The normalized spacial score (nSPS) is 19.9. The topological polar surface area (TPSA) is 87.4 Å². The average molecular weight is 519 g/mol. The summed E-state index contributed by atoms with van der Waals surface area (Å²) in [5.74, 6) is -4.25. The molecule has 3 aromatic rings. The molecule has 2 atom stereocenters. The van der Waals surface area contributed by atoms with Crippen LogP contribution >= 0.6 is 0 Å². The van der Waals surface area contributed by atoms with E-state index in [2.05, 4.69) is 10.4 Å². The van der Waals surface area contributed by atoms with Gasteiger partial charge in [-0.2, -0.15) is 13.9 Å². The first kappa shape index (κ1) is 25.5. The molecule has 2 aromatic heterocycles. The zero-order valence-corrected chi connectivity index (χ0v) is 20.7. The second-order valence-electron chi connectivity index (χ2n) is 9.67. The molecule has 0 spiro atoms. The van der Waals surface area contributed by atoms with Crippen molar-refractivity contribution in [3.63, 3.8) is 0 Å². The molecule has 0 saturated carbocycles. The summed E-state index contributed by atoms with van der Waals surface area (Å²) >= 11 is 0. The molecule has 198 valence electrons. The van der Waals surface area contributed by atoms with E-state index in [0.29, 0.717) is 37.9 Å². The Kier molecular flexibility index (Phi) is 6.84. The number of hydrogen-bond acceptors (Lipinski definition) is 6. The zero-order chi connectivity index (χ0) is 26.3. The van der Waals surface area contributed by atoms with E-state index in [1.807, 2.05) is 0 Å². The number of aromatic nitrogens is 3. The van der Waals surface area contributed by atoms with Gasteiger partial charge in [-0.15, -0.1) is 0 Å².